The molecule has 2 rings (SSSR count). The van der Waals surface area contributed by atoms with Crippen molar-refractivity contribution in [2.24, 2.45) is 0 Å². The van der Waals surface area contributed by atoms with E-state index in [4.69, 9.17) is 9.47 Å². The predicted molar refractivity (Wildman–Crippen MR) is 73.5 cm³/mol. The highest BCUT2D eigenvalue weighted by Crippen LogP contribution is 2.28. The number of benzene rings is 1. The van der Waals surface area contributed by atoms with Gasteiger partial charge in [0.2, 0.25) is 0 Å². The summed E-state index contributed by atoms with van der Waals surface area (Å²) in [5.74, 6) is 1.67. The summed E-state index contributed by atoms with van der Waals surface area (Å²) in [5, 5.41) is 3.53. The Bertz CT molecular complexity index is 373. The van der Waals surface area contributed by atoms with Gasteiger partial charge in [0.15, 0.2) is 11.5 Å². The second kappa shape index (κ2) is 6.64. The Kier molecular flexibility index (Phi) is 4.88. The highest BCUT2D eigenvalue weighted by Gasteiger charge is 2.12. The van der Waals surface area contributed by atoms with Gasteiger partial charge in [0.1, 0.15) is 0 Å². The number of methoxy groups -OCH3 is 1. The summed E-state index contributed by atoms with van der Waals surface area (Å²) in [7, 11) is 1.68. The zero-order valence-electron chi connectivity index (χ0n) is 11.4. The van der Waals surface area contributed by atoms with Crippen molar-refractivity contribution in [2.75, 3.05) is 20.3 Å². The monoisotopic (exact) mass is 249 g/mol. The summed E-state index contributed by atoms with van der Waals surface area (Å²) < 4.78 is 11.1. The first-order valence-corrected chi connectivity index (χ1v) is 6.80. The highest BCUT2D eigenvalue weighted by molar-refractivity contribution is 5.42. The molecule has 0 aromatic heterocycles. The molecule has 18 heavy (non-hydrogen) atoms. The van der Waals surface area contributed by atoms with Crippen molar-refractivity contribution in [1.29, 1.82) is 0 Å². The van der Waals surface area contributed by atoms with E-state index in [1.165, 1.54) is 24.8 Å². The second-order valence-corrected chi connectivity index (χ2v) is 4.94. The van der Waals surface area contributed by atoms with Crippen LogP contribution in [0.5, 0.6) is 11.5 Å². The smallest absolute Gasteiger partial charge is 0.161 e. The maximum atomic E-state index is 5.82. The van der Waals surface area contributed by atoms with Crippen LogP contribution in [0, 0.1) is 6.92 Å². The van der Waals surface area contributed by atoms with E-state index >= 15 is 0 Å². The van der Waals surface area contributed by atoms with Gasteiger partial charge in [-0.15, -0.1) is 0 Å². The number of ether oxygens (including phenoxy) is 2. The number of hydrogen-bond acceptors (Lipinski definition) is 3. The average Bonchev–Trinajstić information content (AvgIpc) is 2.41. The molecule has 1 N–H and O–H groups in total. The Morgan fingerprint density at radius 1 is 1.28 bits per heavy atom. The first kappa shape index (κ1) is 13.2. The van der Waals surface area contributed by atoms with Crippen molar-refractivity contribution < 1.29 is 9.47 Å². The minimum atomic E-state index is 0.621. The van der Waals surface area contributed by atoms with Gasteiger partial charge in [-0.05, 0) is 50.4 Å². The molecule has 0 saturated carbocycles. The molecule has 0 spiro atoms. The van der Waals surface area contributed by atoms with Gasteiger partial charge >= 0.3 is 0 Å². The van der Waals surface area contributed by atoms with Crippen LogP contribution in [0.25, 0.3) is 0 Å². The van der Waals surface area contributed by atoms with Gasteiger partial charge in [-0.25, -0.2) is 0 Å². The summed E-state index contributed by atoms with van der Waals surface area (Å²) in [6.45, 7) is 3.95. The third kappa shape index (κ3) is 3.64. The van der Waals surface area contributed by atoms with Gasteiger partial charge in [-0.2, -0.15) is 0 Å². The molecule has 0 unspecified atom stereocenters. The Balaban J connectivity index is 1.82. The van der Waals surface area contributed by atoms with Crippen LogP contribution in [0.2, 0.25) is 0 Å². The van der Waals surface area contributed by atoms with Crippen LogP contribution >= 0.6 is 0 Å². The molecule has 0 aliphatic carbocycles. The standard InChI is InChI=1S/C15H23NO2/c1-12-6-7-14(15(11-12)17-2)18-10-8-13-5-3-4-9-16-13/h6-7,11,13,16H,3-5,8-10H2,1-2H3/t13-/m0/s1. The molecule has 1 aromatic rings. The second-order valence-electron chi connectivity index (χ2n) is 4.94. The first-order chi connectivity index (χ1) is 8.79. The largest absolute Gasteiger partial charge is 0.493 e. The molecular formula is C15H23NO2. The van der Waals surface area contributed by atoms with Crippen LogP contribution in [0.3, 0.4) is 0 Å². The van der Waals surface area contributed by atoms with Gasteiger partial charge in [0.25, 0.3) is 0 Å². The molecule has 0 radical (unpaired) electrons. The maximum absolute atomic E-state index is 5.82. The van der Waals surface area contributed by atoms with E-state index in [-0.39, 0.29) is 0 Å². The van der Waals surface area contributed by atoms with E-state index in [0.29, 0.717) is 6.04 Å². The van der Waals surface area contributed by atoms with Gasteiger partial charge in [-0.1, -0.05) is 12.5 Å². The maximum Gasteiger partial charge on any atom is 0.161 e. The molecule has 1 heterocycles. The molecule has 1 aliphatic rings. The normalized spacial score (nSPS) is 19.6. The summed E-state index contributed by atoms with van der Waals surface area (Å²) in [6, 6.07) is 6.67. The van der Waals surface area contributed by atoms with Crippen LogP contribution in [0.4, 0.5) is 0 Å². The fraction of sp³-hybridized carbons (Fsp3) is 0.600. The lowest BCUT2D eigenvalue weighted by molar-refractivity contribution is 0.257. The molecule has 1 fully saturated rings. The van der Waals surface area contributed by atoms with Gasteiger partial charge in [0.05, 0.1) is 13.7 Å². The lowest BCUT2D eigenvalue weighted by Crippen LogP contribution is -2.35. The molecule has 0 bridgehead atoms. The Hall–Kier alpha value is -1.22. The molecule has 0 amide bonds. The lowest BCUT2D eigenvalue weighted by atomic mass is 10.0. The van der Waals surface area contributed by atoms with Crippen molar-refractivity contribution >= 4 is 0 Å². The predicted octanol–water partition coefficient (Wildman–Crippen LogP) is 2.91. The summed E-state index contributed by atoms with van der Waals surface area (Å²) >= 11 is 0. The Labute approximate surface area is 109 Å². The minimum absolute atomic E-state index is 0.621. The lowest BCUT2D eigenvalue weighted by Gasteiger charge is -2.23. The Morgan fingerprint density at radius 3 is 2.89 bits per heavy atom. The highest BCUT2D eigenvalue weighted by atomic mass is 16.5. The molecule has 3 nitrogen and oxygen atoms in total. The fourth-order valence-electron chi connectivity index (χ4n) is 2.38. The first-order valence-electron chi connectivity index (χ1n) is 6.80. The van der Waals surface area contributed by atoms with Gasteiger partial charge in [-0.3, -0.25) is 0 Å². The van der Waals surface area contributed by atoms with Crippen LogP contribution in [0.1, 0.15) is 31.2 Å². The molecule has 1 aromatic carbocycles. The molecule has 100 valence electrons. The quantitative estimate of drug-likeness (QED) is 0.870. The van der Waals surface area contributed by atoms with E-state index in [1.807, 2.05) is 12.1 Å². The van der Waals surface area contributed by atoms with E-state index < -0.39 is 0 Å². The fourth-order valence-corrected chi connectivity index (χ4v) is 2.38. The van der Waals surface area contributed by atoms with Gasteiger partial charge in [0, 0.05) is 6.04 Å². The van der Waals surface area contributed by atoms with Crippen molar-refractivity contribution in [3.63, 3.8) is 0 Å². The third-order valence-electron chi connectivity index (χ3n) is 3.46. The number of rotatable bonds is 5. The van der Waals surface area contributed by atoms with E-state index in [1.54, 1.807) is 7.11 Å². The van der Waals surface area contributed by atoms with E-state index in [9.17, 15) is 0 Å². The zero-order valence-corrected chi connectivity index (χ0v) is 11.4. The number of aryl methyl sites for hydroxylation is 1. The Morgan fingerprint density at radius 2 is 2.17 bits per heavy atom. The topological polar surface area (TPSA) is 30.5 Å². The number of piperidine rings is 1. The van der Waals surface area contributed by atoms with Gasteiger partial charge < -0.3 is 14.8 Å². The van der Waals surface area contributed by atoms with Crippen LogP contribution in [-0.4, -0.2) is 26.3 Å². The van der Waals surface area contributed by atoms with Crippen LogP contribution in [-0.2, 0) is 0 Å². The van der Waals surface area contributed by atoms with Crippen molar-refractivity contribution in [1.82, 2.24) is 5.32 Å². The molecular weight excluding hydrogens is 226 g/mol. The molecule has 1 aliphatic heterocycles. The minimum Gasteiger partial charge on any atom is -0.493 e. The average molecular weight is 249 g/mol. The van der Waals surface area contributed by atoms with Crippen molar-refractivity contribution in [2.45, 2.75) is 38.6 Å². The summed E-state index contributed by atoms with van der Waals surface area (Å²) in [4.78, 5) is 0. The third-order valence-corrected chi connectivity index (χ3v) is 3.46. The molecule has 1 saturated heterocycles. The number of nitrogens with one attached hydrogen (secondary N) is 1. The van der Waals surface area contributed by atoms with E-state index in [0.717, 1.165) is 31.1 Å². The SMILES string of the molecule is COc1cc(C)ccc1OCC[C@@H]1CCCCN1. The van der Waals surface area contributed by atoms with Crippen molar-refractivity contribution in [3.05, 3.63) is 23.8 Å². The van der Waals surface area contributed by atoms with Crippen LogP contribution < -0.4 is 14.8 Å². The van der Waals surface area contributed by atoms with Crippen molar-refractivity contribution in [3.8, 4) is 11.5 Å². The zero-order chi connectivity index (χ0) is 12.8. The number of hydrogen-bond donors (Lipinski definition) is 1. The van der Waals surface area contributed by atoms with E-state index in [2.05, 4.69) is 18.3 Å². The molecule has 3 heteroatoms. The summed E-state index contributed by atoms with van der Waals surface area (Å²) in [5.41, 5.74) is 1.19. The van der Waals surface area contributed by atoms with Crippen LogP contribution in [0.15, 0.2) is 18.2 Å². The molecule has 1 atom stereocenters. The summed E-state index contributed by atoms with van der Waals surface area (Å²) in [6.07, 6.45) is 4.99.